The SMILES string of the molecule is COc1cc2c(cc1OC)CN(C[C@H]1C[C@@H](c3ccc(CO)cc3)O[C@@H](c3ccc(-c4ccccc4CNC(=O)[C@@H](Cc4ccccc4)NS(=O)(=O)c4ccc(C)cc4)cc3)O1)CC2. The minimum atomic E-state index is -3.99. The fraction of sp³-hybridized carbons (Fsp3) is 0.288. The van der Waals surface area contributed by atoms with Gasteiger partial charge in [0.15, 0.2) is 17.8 Å². The molecular weight excluding hydrogens is 827 g/mol. The van der Waals surface area contributed by atoms with Crippen molar-refractivity contribution in [3.63, 3.8) is 0 Å². The molecule has 2 aliphatic rings. The van der Waals surface area contributed by atoms with Crippen molar-refractivity contribution in [2.24, 2.45) is 0 Å². The number of hydrogen-bond acceptors (Lipinski definition) is 9. The number of nitrogens with zero attached hydrogens (tertiary/aromatic N) is 1. The number of methoxy groups -OCH3 is 2. The summed E-state index contributed by atoms with van der Waals surface area (Å²) in [5.74, 6) is 1.03. The zero-order valence-electron chi connectivity index (χ0n) is 36.4. The Morgan fingerprint density at radius 1 is 0.797 bits per heavy atom. The highest BCUT2D eigenvalue weighted by atomic mass is 32.2. The number of aryl methyl sites for hydroxylation is 1. The summed E-state index contributed by atoms with van der Waals surface area (Å²) >= 11 is 0. The van der Waals surface area contributed by atoms with Crippen LogP contribution < -0.4 is 19.5 Å². The number of amides is 1. The molecular formula is C52H55N3O8S. The van der Waals surface area contributed by atoms with Crippen LogP contribution in [0.5, 0.6) is 11.5 Å². The number of carbonyl (C=O) groups is 1. The first kappa shape index (κ1) is 44.7. The highest BCUT2D eigenvalue weighted by molar-refractivity contribution is 7.89. The van der Waals surface area contributed by atoms with Crippen LogP contribution in [0, 0.1) is 6.92 Å². The number of hydrogen-bond donors (Lipinski definition) is 3. The van der Waals surface area contributed by atoms with E-state index in [9.17, 15) is 18.3 Å². The molecule has 0 aliphatic carbocycles. The summed E-state index contributed by atoms with van der Waals surface area (Å²) in [7, 11) is -0.667. The van der Waals surface area contributed by atoms with Crippen molar-refractivity contribution in [2.45, 2.75) is 75.3 Å². The molecule has 8 rings (SSSR count). The fourth-order valence-electron chi connectivity index (χ4n) is 8.51. The van der Waals surface area contributed by atoms with Crippen LogP contribution in [0.15, 0.2) is 144 Å². The largest absolute Gasteiger partial charge is 0.493 e. The second kappa shape index (κ2) is 20.3. The van der Waals surface area contributed by atoms with Crippen LogP contribution in [0.25, 0.3) is 11.1 Å². The molecule has 64 heavy (non-hydrogen) atoms. The van der Waals surface area contributed by atoms with E-state index in [0.29, 0.717) is 6.42 Å². The summed E-state index contributed by atoms with van der Waals surface area (Å²) in [6.07, 6.45) is 0.756. The van der Waals surface area contributed by atoms with Crippen LogP contribution in [0.4, 0.5) is 0 Å². The van der Waals surface area contributed by atoms with E-state index in [2.05, 4.69) is 27.1 Å². The van der Waals surface area contributed by atoms with Gasteiger partial charge in [-0.25, -0.2) is 8.42 Å². The number of fused-ring (bicyclic) bond motifs is 1. The smallest absolute Gasteiger partial charge is 0.241 e. The van der Waals surface area contributed by atoms with Gasteiger partial charge in [-0.1, -0.05) is 121 Å². The van der Waals surface area contributed by atoms with E-state index < -0.39 is 28.3 Å². The van der Waals surface area contributed by atoms with Crippen molar-refractivity contribution in [3.8, 4) is 22.6 Å². The average Bonchev–Trinajstić information content (AvgIpc) is 3.33. The molecule has 0 unspecified atom stereocenters. The maximum absolute atomic E-state index is 13.9. The zero-order valence-corrected chi connectivity index (χ0v) is 37.2. The molecule has 0 bridgehead atoms. The molecule has 6 aromatic rings. The maximum atomic E-state index is 13.9. The van der Waals surface area contributed by atoms with Crippen molar-refractivity contribution in [1.29, 1.82) is 0 Å². The monoisotopic (exact) mass is 881 g/mol. The summed E-state index contributed by atoms with van der Waals surface area (Å²) in [4.78, 5) is 16.4. The number of ether oxygens (including phenoxy) is 4. The van der Waals surface area contributed by atoms with Crippen LogP contribution in [0.2, 0.25) is 0 Å². The first-order valence-electron chi connectivity index (χ1n) is 21.6. The third-order valence-electron chi connectivity index (χ3n) is 12.1. The normalized spacial score (nSPS) is 18.2. The Kier molecular flexibility index (Phi) is 14.2. The standard InChI is InChI=1S/C52H55N3O8S/c1-35-13-23-45(24-14-35)64(58,59)54-47(27-36-9-5-4-6-10-36)51(57)53-31-42-11-7-8-12-46(42)38-19-21-40(22-20-38)52-62-44(30-48(63-52)39-17-15-37(34-56)16-18-39)33-55-26-25-41-28-49(60-2)50(61-3)29-43(41)32-55/h4-24,28-29,44,47-48,52,54,56H,25-27,30-34H2,1-3H3,(H,53,57)/t44-,47-,48+,52+/m1/s1. The molecule has 12 heteroatoms. The summed E-state index contributed by atoms with van der Waals surface area (Å²) < 4.78 is 54.3. The van der Waals surface area contributed by atoms with Crippen LogP contribution in [0.3, 0.4) is 0 Å². The molecule has 1 saturated heterocycles. The van der Waals surface area contributed by atoms with Gasteiger partial charge in [0.1, 0.15) is 6.04 Å². The third-order valence-corrected chi connectivity index (χ3v) is 13.6. The molecule has 2 aliphatic heterocycles. The molecule has 0 radical (unpaired) electrons. The van der Waals surface area contributed by atoms with Gasteiger partial charge in [0, 0.05) is 38.2 Å². The Bertz CT molecular complexity index is 2620. The van der Waals surface area contributed by atoms with E-state index in [4.69, 9.17) is 18.9 Å². The maximum Gasteiger partial charge on any atom is 0.241 e. The predicted octanol–water partition coefficient (Wildman–Crippen LogP) is 7.98. The van der Waals surface area contributed by atoms with Crippen molar-refractivity contribution < 1.29 is 37.3 Å². The Hall–Kier alpha value is -5.86. The lowest BCUT2D eigenvalue weighted by Gasteiger charge is -2.39. The van der Waals surface area contributed by atoms with Crippen molar-refractivity contribution in [2.75, 3.05) is 27.3 Å². The number of aliphatic hydroxyl groups excluding tert-OH is 1. The number of carbonyl (C=O) groups excluding carboxylic acids is 1. The molecule has 6 aromatic carbocycles. The van der Waals surface area contributed by atoms with E-state index in [1.807, 2.05) is 110 Å². The summed E-state index contributed by atoms with van der Waals surface area (Å²) in [5, 5.41) is 12.7. The second-order valence-corrected chi connectivity index (χ2v) is 18.2. The quantitative estimate of drug-likeness (QED) is 0.0885. The molecule has 3 N–H and O–H groups in total. The number of benzene rings is 6. The number of aliphatic hydroxyl groups is 1. The topological polar surface area (TPSA) is 136 Å². The van der Waals surface area contributed by atoms with E-state index in [1.54, 1.807) is 38.5 Å². The fourth-order valence-corrected chi connectivity index (χ4v) is 9.71. The summed E-state index contributed by atoms with van der Waals surface area (Å²) in [6, 6.07) is 42.9. The first-order valence-corrected chi connectivity index (χ1v) is 23.1. The van der Waals surface area contributed by atoms with E-state index in [1.165, 1.54) is 11.1 Å². The number of nitrogens with one attached hydrogen (secondary N) is 2. The molecule has 0 aromatic heterocycles. The molecule has 0 spiro atoms. The Balaban J connectivity index is 0.981. The third kappa shape index (κ3) is 10.7. The van der Waals surface area contributed by atoms with Crippen LogP contribution in [-0.2, 0) is 56.8 Å². The minimum absolute atomic E-state index is 0.0278. The molecule has 4 atom stereocenters. The van der Waals surface area contributed by atoms with Crippen LogP contribution in [-0.4, -0.2) is 63.8 Å². The first-order chi connectivity index (χ1) is 31.1. The van der Waals surface area contributed by atoms with E-state index in [-0.39, 0.29) is 36.7 Å². The number of rotatable bonds is 16. The average molecular weight is 882 g/mol. The van der Waals surface area contributed by atoms with Gasteiger partial charge in [-0.05, 0) is 88.5 Å². The zero-order chi connectivity index (χ0) is 44.6. The lowest BCUT2D eigenvalue weighted by Crippen LogP contribution is -2.47. The highest BCUT2D eigenvalue weighted by Crippen LogP contribution is 2.40. The van der Waals surface area contributed by atoms with Gasteiger partial charge in [0.25, 0.3) is 0 Å². The molecule has 1 fully saturated rings. The predicted molar refractivity (Wildman–Crippen MR) is 246 cm³/mol. The van der Waals surface area contributed by atoms with Gasteiger partial charge < -0.3 is 29.4 Å². The molecule has 11 nitrogen and oxygen atoms in total. The van der Waals surface area contributed by atoms with Gasteiger partial charge >= 0.3 is 0 Å². The van der Waals surface area contributed by atoms with Gasteiger partial charge in [-0.15, -0.1) is 0 Å². The van der Waals surface area contributed by atoms with Gasteiger partial charge in [0.05, 0.1) is 37.9 Å². The molecule has 2 heterocycles. The van der Waals surface area contributed by atoms with Crippen molar-refractivity contribution >= 4 is 15.9 Å². The molecule has 0 saturated carbocycles. The van der Waals surface area contributed by atoms with Crippen LogP contribution in [0.1, 0.15) is 63.3 Å². The lowest BCUT2D eigenvalue weighted by atomic mass is 9.96. The Morgan fingerprint density at radius 3 is 2.17 bits per heavy atom. The van der Waals surface area contributed by atoms with Gasteiger partial charge in [-0.2, -0.15) is 4.72 Å². The Labute approximate surface area is 376 Å². The highest BCUT2D eigenvalue weighted by Gasteiger charge is 2.34. The van der Waals surface area contributed by atoms with Crippen LogP contribution >= 0.6 is 0 Å². The second-order valence-electron chi connectivity index (χ2n) is 16.5. The number of sulfonamides is 1. The molecule has 332 valence electrons. The van der Waals surface area contributed by atoms with E-state index >= 15 is 0 Å². The molecule has 1 amide bonds. The van der Waals surface area contributed by atoms with Gasteiger partial charge in [0.2, 0.25) is 15.9 Å². The Morgan fingerprint density at radius 2 is 1.47 bits per heavy atom. The van der Waals surface area contributed by atoms with Crippen molar-refractivity contribution in [3.05, 3.63) is 184 Å². The van der Waals surface area contributed by atoms with E-state index in [0.717, 1.165) is 82.1 Å². The summed E-state index contributed by atoms with van der Waals surface area (Å²) in [6.45, 7) is 4.41. The minimum Gasteiger partial charge on any atom is -0.493 e. The summed E-state index contributed by atoms with van der Waals surface area (Å²) in [5.41, 5.74) is 9.73. The lowest BCUT2D eigenvalue weighted by molar-refractivity contribution is -0.253. The van der Waals surface area contributed by atoms with Gasteiger partial charge in [-0.3, -0.25) is 9.69 Å². The van der Waals surface area contributed by atoms with Crippen molar-refractivity contribution in [1.82, 2.24) is 14.9 Å².